The zero-order chi connectivity index (χ0) is 13.8. The van der Waals surface area contributed by atoms with Crippen molar-refractivity contribution in [1.82, 2.24) is 9.97 Å². The van der Waals surface area contributed by atoms with Gasteiger partial charge in [-0.3, -0.25) is 0 Å². The second-order valence-corrected chi connectivity index (χ2v) is 6.52. The number of aromatic nitrogens is 2. The van der Waals surface area contributed by atoms with Gasteiger partial charge in [0.1, 0.15) is 11.0 Å². The van der Waals surface area contributed by atoms with Crippen LogP contribution in [0.15, 0.2) is 6.07 Å². The van der Waals surface area contributed by atoms with E-state index in [4.69, 9.17) is 16.3 Å². The fourth-order valence-electron chi connectivity index (χ4n) is 3.52. The quantitative estimate of drug-likeness (QED) is 0.813. The number of halogens is 1. The summed E-state index contributed by atoms with van der Waals surface area (Å²) in [4.78, 5) is 11.0. The van der Waals surface area contributed by atoms with Gasteiger partial charge in [0, 0.05) is 24.7 Å². The molecule has 6 nitrogen and oxygen atoms in total. The van der Waals surface area contributed by atoms with Gasteiger partial charge in [-0.1, -0.05) is 11.6 Å². The van der Waals surface area contributed by atoms with Crippen molar-refractivity contribution in [2.75, 3.05) is 36.5 Å². The highest BCUT2D eigenvalue weighted by Crippen LogP contribution is 2.61. The maximum Gasteiger partial charge on any atom is 0.226 e. The maximum atomic E-state index is 9.81. The Bertz CT molecular complexity index is 527. The van der Waals surface area contributed by atoms with Crippen LogP contribution in [0.25, 0.3) is 0 Å². The molecular weight excluding hydrogens is 280 g/mol. The van der Waals surface area contributed by atoms with Gasteiger partial charge in [0.05, 0.1) is 18.8 Å². The normalized spacial score (nSPS) is 35.2. The molecule has 2 bridgehead atoms. The molecule has 3 aliphatic carbocycles. The average Bonchev–Trinajstić information content (AvgIpc) is 2.36. The van der Waals surface area contributed by atoms with Gasteiger partial charge in [-0.15, -0.1) is 0 Å². The molecule has 1 aromatic rings. The first-order valence-corrected chi connectivity index (χ1v) is 7.32. The number of ether oxygens (including phenoxy) is 1. The average molecular weight is 297 g/mol. The summed E-state index contributed by atoms with van der Waals surface area (Å²) in [7, 11) is 0. The van der Waals surface area contributed by atoms with Crippen LogP contribution in [0.5, 0.6) is 0 Å². The van der Waals surface area contributed by atoms with Gasteiger partial charge in [-0.05, 0) is 19.3 Å². The molecule has 108 valence electrons. The van der Waals surface area contributed by atoms with E-state index >= 15 is 0 Å². The van der Waals surface area contributed by atoms with Gasteiger partial charge in [0.2, 0.25) is 5.95 Å². The van der Waals surface area contributed by atoms with Crippen molar-refractivity contribution in [2.45, 2.75) is 30.4 Å². The predicted molar refractivity (Wildman–Crippen MR) is 75.2 cm³/mol. The van der Waals surface area contributed by atoms with Crippen molar-refractivity contribution in [3.8, 4) is 0 Å². The van der Waals surface area contributed by atoms with Gasteiger partial charge in [0.15, 0.2) is 0 Å². The van der Waals surface area contributed by atoms with E-state index in [1.165, 1.54) is 0 Å². The van der Waals surface area contributed by atoms with Gasteiger partial charge in [-0.2, -0.15) is 4.98 Å². The highest BCUT2D eigenvalue weighted by atomic mass is 35.5. The van der Waals surface area contributed by atoms with Crippen LogP contribution in [0, 0.1) is 0 Å². The minimum atomic E-state index is -0.432. The van der Waals surface area contributed by atoms with Crippen molar-refractivity contribution in [3.63, 3.8) is 0 Å². The maximum absolute atomic E-state index is 9.81. The molecule has 2 heterocycles. The largest absolute Gasteiger partial charge is 0.390 e. The summed E-state index contributed by atoms with van der Waals surface area (Å²) in [5, 5.41) is 13.6. The molecule has 5 rings (SSSR count). The molecule has 7 heteroatoms. The van der Waals surface area contributed by atoms with Crippen LogP contribution < -0.4 is 10.2 Å². The molecule has 0 unspecified atom stereocenters. The molecule has 1 saturated heterocycles. The number of nitrogens with one attached hydrogen (secondary N) is 1. The Morgan fingerprint density at radius 1 is 1.25 bits per heavy atom. The Morgan fingerprint density at radius 2 is 1.95 bits per heavy atom. The lowest BCUT2D eigenvalue weighted by atomic mass is 9.46. The van der Waals surface area contributed by atoms with Crippen LogP contribution >= 0.6 is 11.6 Å². The molecule has 1 aliphatic heterocycles. The van der Waals surface area contributed by atoms with E-state index < -0.39 is 5.60 Å². The smallest absolute Gasteiger partial charge is 0.226 e. The molecule has 1 aromatic heterocycles. The number of morpholine rings is 1. The first kappa shape index (κ1) is 12.6. The van der Waals surface area contributed by atoms with Crippen LogP contribution in [-0.4, -0.2) is 52.5 Å². The molecule has 20 heavy (non-hydrogen) atoms. The van der Waals surface area contributed by atoms with E-state index in [0.717, 1.165) is 38.2 Å². The molecule has 4 aliphatic rings. The molecule has 0 amide bonds. The van der Waals surface area contributed by atoms with Crippen LogP contribution in [0.2, 0.25) is 5.15 Å². The highest BCUT2D eigenvalue weighted by molar-refractivity contribution is 6.29. The van der Waals surface area contributed by atoms with Gasteiger partial charge < -0.3 is 20.1 Å². The Morgan fingerprint density at radius 3 is 2.60 bits per heavy atom. The second-order valence-electron chi connectivity index (χ2n) is 6.13. The van der Waals surface area contributed by atoms with Crippen LogP contribution in [-0.2, 0) is 4.74 Å². The molecule has 0 spiro atoms. The Kier molecular flexibility index (Phi) is 2.64. The third kappa shape index (κ3) is 2.03. The van der Waals surface area contributed by atoms with Crippen molar-refractivity contribution < 1.29 is 9.84 Å². The highest BCUT2D eigenvalue weighted by Gasteiger charge is 2.67. The summed E-state index contributed by atoms with van der Waals surface area (Å²) in [6.45, 7) is 3.05. The number of hydrogen-bond acceptors (Lipinski definition) is 6. The standard InChI is InChI=1S/C13H17ClN4O2/c14-9-5-10(18-1-3-20-4-2-18)16-11(15-9)17-12-6-13(19,7-12)8-12/h5,19H,1-4,6-8H2,(H,15,16,17). The topological polar surface area (TPSA) is 70.5 Å². The Balaban J connectivity index is 1.53. The molecule has 0 radical (unpaired) electrons. The minimum Gasteiger partial charge on any atom is -0.390 e. The first-order valence-electron chi connectivity index (χ1n) is 6.94. The second kappa shape index (κ2) is 4.19. The Labute approximate surface area is 122 Å². The molecule has 3 saturated carbocycles. The minimum absolute atomic E-state index is 0.0122. The lowest BCUT2D eigenvalue weighted by molar-refractivity contribution is -0.195. The molecule has 0 atom stereocenters. The first-order chi connectivity index (χ1) is 9.56. The number of rotatable bonds is 3. The third-order valence-corrected chi connectivity index (χ3v) is 4.59. The molecule has 0 aromatic carbocycles. The van der Waals surface area contributed by atoms with E-state index in [9.17, 15) is 5.11 Å². The van der Waals surface area contributed by atoms with E-state index in [2.05, 4.69) is 20.2 Å². The van der Waals surface area contributed by atoms with Crippen molar-refractivity contribution in [3.05, 3.63) is 11.2 Å². The predicted octanol–water partition coefficient (Wildman–Crippen LogP) is 1.05. The molecule has 2 N–H and O–H groups in total. The number of anilines is 2. The molecule has 4 fully saturated rings. The van der Waals surface area contributed by atoms with Crippen molar-refractivity contribution in [2.24, 2.45) is 0 Å². The fourth-order valence-corrected chi connectivity index (χ4v) is 3.70. The number of aliphatic hydroxyl groups is 1. The van der Waals surface area contributed by atoms with E-state index in [0.29, 0.717) is 24.3 Å². The van der Waals surface area contributed by atoms with Gasteiger partial charge in [0.25, 0.3) is 0 Å². The van der Waals surface area contributed by atoms with Crippen molar-refractivity contribution >= 4 is 23.4 Å². The summed E-state index contributed by atoms with van der Waals surface area (Å²) in [6.07, 6.45) is 2.34. The van der Waals surface area contributed by atoms with E-state index in [-0.39, 0.29) is 5.54 Å². The lowest BCUT2D eigenvalue weighted by Crippen LogP contribution is -2.75. The van der Waals surface area contributed by atoms with Crippen LogP contribution in [0.3, 0.4) is 0 Å². The lowest BCUT2D eigenvalue weighted by Gasteiger charge is -2.67. The summed E-state index contributed by atoms with van der Waals surface area (Å²) < 4.78 is 5.34. The summed E-state index contributed by atoms with van der Waals surface area (Å²) in [6, 6.07) is 1.79. The molecular formula is C13H17ClN4O2. The van der Waals surface area contributed by atoms with Gasteiger partial charge in [-0.25, -0.2) is 4.98 Å². The number of nitrogens with zero attached hydrogens (tertiary/aromatic N) is 3. The van der Waals surface area contributed by atoms with Crippen LogP contribution in [0.1, 0.15) is 19.3 Å². The van der Waals surface area contributed by atoms with E-state index in [1.807, 2.05) is 0 Å². The monoisotopic (exact) mass is 296 g/mol. The van der Waals surface area contributed by atoms with Crippen molar-refractivity contribution in [1.29, 1.82) is 0 Å². The van der Waals surface area contributed by atoms with E-state index in [1.54, 1.807) is 6.07 Å². The fraction of sp³-hybridized carbons (Fsp3) is 0.692. The zero-order valence-corrected chi connectivity index (χ0v) is 11.9. The summed E-state index contributed by atoms with van der Waals surface area (Å²) >= 11 is 6.10. The van der Waals surface area contributed by atoms with Gasteiger partial charge >= 0.3 is 0 Å². The summed E-state index contributed by atoms with van der Waals surface area (Å²) in [5.74, 6) is 1.39. The SMILES string of the molecule is OC12CC(Nc3nc(Cl)cc(N4CCOCC4)n3)(C1)C2. The zero-order valence-electron chi connectivity index (χ0n) is 11.1. The van der Waals surface area contributed by atoms with Crippen LogP contribution in [0.4, 0.5) is 11.8 Å². The number of hydrogen-bond donors (Lipinski definition) is 2. The third-order valence-electron chi connectivity index (χ3n) is 4.40. The summed E-state index contributed by atoms with van der Waals surface area (Å²) in [5.41, 5.74) is -0.444. The Hall–Kier alpha value is -1.11.